The molecule has 0 atom stereocenters. The molecule has 0 aliphatic rings. The Morgan fingerprint density at radius 1 is 1.00 bits per heavy atom. The third-order valence-corrected chi connectivity index (χ3v) is 3.52. The standard InChI is InChI=1S/C20H23NO4/c1-15-6-8-17(9-7-15)13-20(23)25-14-19(22)21-10-11-24-18-5-3-4-16(2)12-18/h3-9,12H,10-11,13-14H2,1-2H3,(H,21,22). The number of carbonyl (C=O) groups excluding carboxylic acids is 2. The number of carbonyl (C=O) groups is 2. The number of hydrogen-bond donors (Lipinski definition) is 1. The Morgan fingerprint density at radius 2 is 1.76 bits per heavy atom. The summed E-state index contributed by atoms with van der Waals surface area (Å²) in [4.78, 5) is 23.4. The number of rotatable bonds is 8. The molecular weight excluding hydrogens is 318 g/mol. The fourth-order valence-electron chi connectivity index (χ4n) is 2.19. The first-order valence-corrected chi connectivity index (χ1v) is 8.20. The van der Waals surface area contributed by atoms with Crippen LogP contribution in [0.2, 0.25) is 0 Å². The van der Waals surface area contributed by atoms with Crippen molar-refractivity contribution >= 4 is 11.9 Å². The molecule has 0 aromatic heterocycles. The Morgan fingerprint density at radius 3 is 2.48 bits per heavy atom. The summed E-state index contributed by atoms with van der Waals surface area (Å²) in [7, 11) is 0. The molecular formula is C20H23NO4. The average Bonchev–Trinajstić information content (AvgIpc) is 2.59. The Bertz CT molecular complexity index is 710. The highest BCUT2D eigenvalue weighted by molar-refractivity contribution is 5.81. The van der Waals surface area contributed by atoms with Crippen molar-refractivity contribution in [3.63, 3.8) is 0 Å². The third kappa shape index (κ3) is 7.08. The van der Waals surface area contributed by atoms with Crippen molar-refractivity contribution in [2.75, 3.05) is 19.8 Å². The first-order valence-electron chi connectivity index (χ1n) is 8.20. The van der Waals surface area contributed by atoms with Gasteiger partial charge in [0, 0.05) is 0 Å². The summed E-state index contributed by atoms with van der Waals surface area (Å²) < 4.78 is 10.5. The lowest BCUT2D eigenvalue weighted by Crippen LogP contribution is -2.32. The lowest BCUT2D eigenvalue weighted by Gasteiger charge is -2.09. The van der Waals surface area contributed by atoms with Gasteiger partial charge in [-0.05, 0) is 37.1 Å². The molecule has 5 heteroatoms. The van der Waals surface area contributed by atoms with Crippen LogP contribution in [0.3, 0.4) is 0 Å². The second kappa shape index (κ2) is 9.47. The molecule has 2 rings (SSSR count). The van der Waals surface area contributed by atoms with Crippen molar-refractivity contribution in [2.24, 2.45) is 0 Å². The molecule has 1 amide bonds. The zero-order valence-electron chi connectivity index (χ0n) is 14.6. The minimum Gasteiger partial charge on any atom is -0.492 e. The maximum absolute atomic E-state index is 11.7. The molecule has 1 N–H and O–H groups in total. The fourth-order valence-corrected chi connectivity index (χ4v) is 2.19. The van der Waals surface area contributed by atoms with Crippen molar-refractivity contribution in [3.05, 3.63) is 65.2 Å². The van der Waals surface area contributed by atoms with Gasteiger partial charge in [-0.2, -0.15) is 0 Å². The van der Waals surface area contributed by atoms with Gasteiger partial charge in [0.2, 0.25) is 0 Å². The zero-order chi connectivity index (χ0) is 18.1. The molecule has 0 aliphatic carbocycles. The van der Waals surface area contributed by atoms with E-state index in [0.717, 1.165) is 22.4 Å². The van der Waals surface area contributed by atoms with Gasteiger partial charge in [-0.25, -0.2) is 0 Å². The molecule has 0 radical (unpaired) electrons. The highest BCUT2D eigenvalue weighted by Crippen LogP contribution is 2.11. The van der Waals surface area contributed by atoms with Crippen LogP contribution in [-0.2, 0) is 20.7 Å². The smallest absolute Gasteiger partial charge is 0.310 e. The molecule has 0 unspecified atom stereocenters. The number of ether oxygens (including phenoxy) is 2. The maximum Gasteiger partial charge on any atom is 0.310 e. The van der Waals surface area contributed by atoms with Crippen LogP contribution < -0.4 is 10.1 Å². The molecule has 0 saturated carbocycles. The van der Waals surface area contributed by atoms with Gasteiger partial charge in [0.25, 0.3) is 5.91 Å². The first kappa shape index (κ1) is 18.5. The van der Waals surface area contributed by atoms with Crippen molar-refractivity contribution < 1.29 is 19.1 Å². The predicted molar refractivity (Wildman–Crippen MR) is 95.5 cm³/mol. The van der Waals surface area contributed by atoms with Gasteiger partial charge < -0.3 is 14.8 Å². The maximum atomic E-state index is 11.7. The second-order valence-electron chi connectivity index (χ2n) is 5.84. The number of hydrogen-bond acceptors (Lipinski definition) is 4. The largest absolute Gasteiger partial charge is 0.492 e. The van der Waals surface area contributed by atoms with Crippen molar-refractivity contribution in [1.82, 2.24) is 5.32 Å². The molecule has 0 fully saturated rings. The van der Waals surface area contributed by atoms with Crippen molar-refractivity contribution in [2.45, 2.75) is 20.3 Å². The summed E-state index contributed by atoms with van der Waals surface area (Å²) in [5.74, 6) is -0.00103. The first-order chi connectivity index (χ1) is 12.0. The summed E-state index contributed by atoms with van der Waals surface area (Å²) in [5.41, 5.74) is 3.11. The van der Waals surface area contributed by atoms with E-state index in [1.807, 2.05) is 62.4 Å². The number of nitrogens with one attached hydrogen (secondary N) is 1. The Balaban J connectivity index is 1.60. The quantitative estimate of drug-likeness (QED) is 0.592. The van der Waals surface area contributed by atoms with E-state index >= 15 is 0 Å². The summed E-state index contributed by atoms with van der Waals surface area (Å²) in [5, 5.41) is 2.65. The van der Waals surface area contributed by atoms with E-state index in [2.05, 4.69) is 5.32 Å². The molecule has 2 aromatic rings. The van der Waals surface area contributed by atoms with E-state index in [9.17, 15) is 9.59 Å². The van der Waals surface area contributed by atoms with Crippen LogP contribution in [0, 0.1) is 13.8 Å². The molecule has 0 bridgehead atoms. The lowest BCUT2D eigenvalue weighted by molar-refractivity contribution is -0.147. The summed E-state index contributed by atoms with van der Waals surface area (Å²) in [6.07, 6.45) is 0.157. The van der Waals surface area contributed by atoms with Gasteiger partial charge in [0.15, 0.2) is 6.61 Å². The average molecular weight is 341 g/mol. The number of amides is 1. The number of esters is 1. The van der Waals surface area contributed by atoms with Gasteiger partial charge >= 0.3 is 5.97 Å². The van der Waals surface area contributed by atoms with Gasteiger partial charge in [0.1, 0.15) is 12.4 Å². The van der Waals surface area contributed by atoms with Gasteiger partial charge in [-0.3, -0.25) is 9.59 Å². The van der Waals surface area contributed by atoms with Gasteiger partial charge in [-0.1, -0.05) is 42.0 Å². The number of benzene rings is 2. The van der Waals surface area contributed by atoms with Crippen LogP contribution in [0.25, 0.3) is 0 Å². The molecule has 5 nitrogen and oxygen atoms in total. The van der Waals surface area contributed by atoms with E-state index < -0.39 is 5.97 Å². The van der Waals surface area contributed by atoms with E-state index in [1.54, 1.807) is 0 Å². The van der Waals surface area contributed by atoms with Crippen LogP contribution in [0.15, 0.2) is 48.5 Å². The SMILES string of the molecule is Cc1ccc(CC(=O)OCC(=O)NCCOc2cccc(C)c2)cc1. The van der Waals surface area contributed by atoms with Crippen molar-refractivity contribution in [3.8, 4) is 5.75 Å². The lowest BCUT2D eigenvalue weighted by atomic mass is 10.1. The van der Waals surface area contributed by atoms with Gasteiger partial charge in [0.05, 0.1) is 13.0 Å². The third-order valence-electron chi connectivity index (χ3n) is 3.52. The molecule has 0 saturated heterocycles. The molecule has 0 heterocycles. The van der Waals surface area contributed by atoms with Crippen LogP contribution in [0.1, 0.15) is 16.7 Å². The summed E-state index contributed by atoms with van der Waals surface area (Å²) >= 11 is 0. The highest BCUT2D eigenvalue weighted by Gasteiger charge is 2.08. The number of aryl methyl sites for hydroxylation is 2. The molecule has 2 aromatic carbocycles. The minimum absolute atomic E-state index is 0.157. The molecule has 25 heavy (non-hydrogen) atoms. The monoisotopic (exact) mass is 341 g/mol. The summed E-state index contributed by atoms with van der Waals surface area (Å²) in [6, 6.07) is 15.3. The van der Waals surface area contributed by atoms with Crippen LogP contribution in [0.4, 0.5) is 0 Å². The fraction of sp³-hybridized carbons (Fsp3) is 0.300. The van der Waals surface area contributed by atoms with E-state index in [-0.39, 0.29) is 18.9 Å². The normalized spacial score (nSPS) is 10.2. The van der Waals surface area contributed by atoms with Crippen LogP contribution >= 0.6 is 0 Å². The predicted octanol–water partition coefficient (Wildman–Crippen LogP) is 2.58. The Kier molecular flexibility index (Phi) is 7.01. The van der Waals surface area contributed by atoms with Gasteiger partial charge in [-0.15, -0.1) is 0 Å². The van der Waals surface area contributed by atoms with Crippen molar-refractivity contribution in [1.29, 1.82) is 0 Å². The Hall–Kier alpha value is -2.82. The van der Waals surface area contributed by atoms with E-state index in [4.69, 9.17) is 9.47 Å². The molecule has 0 spiro atoms. The topological polar surface area (TPSA) is 64.6 Å². The second-order valence-corrected chi connectivity index (χ2v) is 5.84. The molecule has 0 aliphatic heterocycles. The van der Waals surface area contributed by atoms with E-state index in [0.29, 0.717) is 13.2 Å². The van der Waals surface area contributed by atoms with E-state index in [1.165, 1.54) is 0 Å². The minimum atomic E-state index is -0.421. The zero-order valence-corrected chi connectivity index (χ0v) is 14.6. The van der Waals surface area contributed by atoms with Crippen LogP contribution in [-0.4, -0.2) is 31.6 Å². The van der Waals surface area contributed by atoms with Crippen LogP contribution in [0.5, 0.6) is 5.75 Å². The Labute approximate surface area is 148 Å². The molecule has 132 valence electrons. The summed E-state index contributed by atoms with van der Waals surface area (Å²) in [6.45, 7) is 4.39. The highest BCUT2D eigenvalue weighted by atomic mass is 16.5.